The van der Waals surface area contributed by atoms with E-state index in [2.05, 4.69) is 14.9 Å². The smallest absolute Gasteiger partial charge is 0.225 e. The number of hydrogen-bond acceptors (Lipinski definition) is 6. The van der Waals surface area contributed by atoms with Gasteiger partial charge >= 0.3 is 0 Å². The van der Waals surface area contributed by atoms with Crippen molar-refractivity contribution in [2.45, 2.75) is 25.6 Å². The first-order chi connectivity index (χ1) is 12.3. The molecule has 0 radical (unpaired) electrons. The van der Waals surface area contributed by atoms with Crippen LogP contribution < -0.4 is 9.64 Å². The fourth-order valence-electron chi connectivity index (χ4n) is 2.81. The number of anilines is 1. The first-order valence-corrected chi connectivity index (χ1v) is 8.69. The Hall–Kier alpha value is -2.18. The van der Waals surface area contributed by atoms with Gasteiger partial charge in [-0.1, -0.05) is 30.3 Å². The number of benzene rings is 1. The Morgan fingerprint density at radius 1 is 1.04 bits per heavy atom. The fraction of sp³-hybridized carbons (Fsp3) is 0.474. The van der Waals surface area contributed by atoms with Crippen molar-refractivity contribution in [3.05, 3.63) is 48.3 Å². The molecule has 1 aromatic carbocycles. The third-order valence-corrected chi connectivity index (χ3v) is 4.23. The quantitative estimate of drug-likeness (QED) is 0.687. The molecule has 0 atom stereocenters. The van der Waals surface area contributed by atoms with Gasteiger partial charge in [-0.15, -0.1) is 0 Å². The molecular formula is C19H25N3O3. The molecular weight excluding hydrogens is 318 g/mol. The van der Waals surface area contributed by atoms with Crippen LogP contribution in [-0.2, 0) is 16.1 Å². The summed E-state index contributed by atoms with van der Waals surface area (Å²) >= 11 is 0. The second kappa shape index (κ2) is 9.34. The van der Waals surface area contributed by atoms with Gasteiger partial charge in [-0.2, -0.15) is 0 Å². The fourth-order valence-corrected chi connectivity index (χ4v) is 2.81. The summed E-state index contributed by atoms with van der Waals surface area (Å²) < 4.78 is 16.5. The van der Waals surface area contributed by atoms with E-state index in [4.69, 9.17) is 14.2 Å². The summed E-state index contributed by atoms with van der Waals surface area (Å²) in [6, 6.07) is 10.1. The minimum atomic E-state index is 0.305. The van der Waals surface area contributed by atoms with E-state index in [0.717, 1.165) is 37.4 Å². The van der Waals surface area contributed by atoms with E-state index < -0.39 is 0 Å². The Labute approximate surface area is 148 Å². The molecule has 134 valence electrons. The first kappa shape index (κ1) is 17.6. The second-order valence-corrected chi connectivity index (χ2v) is 6.04. The molecule has 1 fully saturated rings. The molecule has 25 heavy (non-hydrogen) atoms. The maximum Gasteiger partial charge on any atom is 0.225 e. The molecule has 0 bridgehead atoms. The van der Waals surface area contributed by atoms with Gasteiger partial charge in [0.25, 0.3) is 0 Å². The van der Waals surface area contributed by atoms with Crippen LogP contribution in [0.2, 0.25) is 0 Å². The Kier molecular flexibility index (Phi) is 6.59. The van der Waals surface area contributed by atoms with Gasteiger partial charge in [0.1, 0.15) is 6.61 Å². The average molecular weight is 343 g/mol. The van der Waals surface area contributed by atoms with Crippen molar-refractivity contribution in [2.24, 2.45) is 0 Å². The minimum absolute atomic E-state index is 0.305. The second-order valence-electron chi connectivity index (χ2n) is 6.04. The van der Waals surface area contributed by atoms with Crippen molar-refractivity contribution in [2.75, 3.05) is 38.3 Å². The number of methoxy groups -OCH3 is 1. The molecule has 1 aromatic heterocycles. The molecule has 0 unspecified atom stereocenters. The summed E-state index contributed by atoms with van der Waals surface area (Å²) in [6.45, 7) is 3.64. The van der Waals surface area contributed by atoms with E-state index in [-0.39, 0.29) is 0 Å². The monoisotopic (exact) mass is 343 g/mol. The van der Waals surface area contributed by atoms with Gasteiger partial charge in [0.05, 0.1) is 31.7 Å². The molecule has 6 nitrogen and oxygen atoms in total. The molecule has 2 heterocycles. The molecule has 6 heteroatoms. The molecule has 0 spiro atoms. The van der Waals surface area contributed by atoms with Gasteiger partial charge in [0, 0.05) is 20.2 Å². The number of piperidine rings is 1. The van der Waals surface area contributed by atoms with Gasteiger partial charge in [-0.25, -0.2) is 9.97 Å². The van der Waals surface area contributed by atoms with Gasteiger partial charge in [-0.3, -0.25) is 0 Å². The van der Waals surface area contributed by atoms with Crippen LogP contribution in [0.5, 0.6) is 5.75 Å². The molecule has 1 aliphatic rings. The van der Waals surface area contributed by atoms with E-state index in [9.17, 15) is 0 Å². The molecule has 0 amide bonds. The summed E-state index contributed by atoms with van der Waals surface area (Å²) in [5.41, 5.74) is 1.13. The van der Waals surface area contributed by atoms with Crippen molar-refractivity contribution in [3.8, 4) is 5.75 Å². The molecule has 0 N–H and O–H groups in total. The average Bonchev–Trinajstić information content (AvgIpc) is 2.68. The number of rotatable bonds is 8. The maximum atomic E-state index is 5.79. The number of nitrogens with zero attached hydrogens (tertiary/aromatic N) is 3. The van der Waals surface area contributed by atoms with Crippen LogP contribution in [0.15, 0.2) is 42.7 Å². The lowest BCUT2D eigenvalue weighted by Gasteiger charge is -2.31. The van der Waals surface area contributed by atoms with Crippen LogP contribution in [-0.4, -0.2) is 49.5 Å². The normalized spacial score (nSPS) is 15.3. The van der Waals surface area contributed by atoms with Crippen molar-refractivity contribution in [1.29, 1.82) is 0 Å². The number of aromatic nitrogens is 2. The summed E-state index contributed by atoms with van der Waals surface area (Å²) in [5.74, 6) is 1.44. The highest BCUT2D eigenvalue weighted by Gasteiger charge is 2.21. The van der Waals surface area contributed by atoms with Gasteiger partial charge < -0.3 is 19.1 Å². The van der Waals surface area contributed by atoms with E-state index in [1.54, 1.807) is 19.5 Å². The Morgan fingerprint density at radius 3 is 2.44 bits per heavy atom. The van der Waals surface area contributed by atoms with E-state index in [1.165, 1.54) is 0 Å². The van der Waals surface area contributed by atoms with Crippen LogP contribution in [0, 0.1) is 0 Å². The Morgan fingerprint density at radius 2 is 1.76 bits per heavy atom. The summed E-state index contributed by atoms with van der Waals surface area (Å²) in [6.07, 6.45) is 5.76. The third kappa shape index (κ3) is 5.41. The van der Waals surface area contributed by atoms with E-state index >= 15 is 0 Å². The molecule has 2 aromatic rings. The van der Waals surface area contributed by atoms with E-state index in [1.807, 2.05) is 30.3 Å². The van der Waals surface area contributed by atoms with Crippen LogP contribution in [0.3, 0.4) is 0 Å². The summed E-state index contributed by atoms with van der Waals surface area (Å²) in [7, 11) is 1.69. The van der Waals surface area contributed by atoms with Crippen LogP contribution in [0.1, 0.15) is 18.4 Å². The minimum Gasteiger partial charge on any atom is -0.486 e. The summed E-state index contributed by atoms with van der Waals surface area (Å²) in [5, 5.41) is 0. The van der Waals surface area contributed by atoms with Crippen molar-refractivity contribution >= 4 is 5.95 Å². The molecule has 1 saturated heterocycles. The zero-order valence-electron chi connectivity index (χ0n) is 14.6. The van der Waals surface area contributed by atoms with E-state index in [0.29, 0.717) is 31.7 Å². The topological polar surface area (TPSA) is 56.7 Å². The van der Waals surface area contributed by atoms with Crippen molar-refractivity contribution in [1.82, 2.24) is 9.97 Å². The van der Waals surface area contributed by atoms with Gasteiger partial charge in [0.15, 0.2) is 5.75 Å². The molecule has 1 aliphatic heterocycles. The zero-order valence-corrected chi connectivity index (χ0v) is 14.6. The molecule has 3 rings (SSSR count). The third-order valence-electron chi connectivity index (χ3n) is 4.23. The first-order valence-electron chi connectivity index (χ1n) is 8.69. The predicted molar refractivity (Wildman–Crippen MR) is 95.9 cm³/mol. The number of ether oxygens (including phenoxy) is 3. The molecule has 0 saturated carbocycles. The van der Waals surface area contributed by atoms with Crippen LogP contribution >= 0.6 is 0 Å². The SMILES string of the molecule is COCCOC1CCN(c2ncc(OCc3ccccc3)cn2)CC1. The lowest BCUT2D eigenvalue weighted by atomic mass is 10.1. The Bertz CT molecular complexity index is 614. The van der Waals surface area contributed by atoms with Gasteiger partial charge in [0.2, 0.25) is 5.95 Å². The largest absolute Gasteiger partial charge is 0.486 e. The van der Waals surface area contributed by atoms with Crippen molar-refractivity contribution in [3.63, 3.8) is 0 Å². The highest BCUT2D eigenvalue weighted by atomic mass is 16.5. The van der Waals surface area contributed by atoms with Crippen LogP contribution in [0.25, 0.3) is 0 Å². The zero-order chi connectivity index (χ0) is 17.3. The lowest BCUT2D eigenvalue weighted by Crippen LogP contribution is -2.38. The van der Waals surface area contributed by atoms with Crippen LogP contribution in [0.4, 0.5) is 5.95 Å². The number of hydrogen-bond donors (Lipinski definition) is 0. The standard InChI is InChI=1S/C19H25N3O3/c1-23-11-12-24-17-7-9-22(10-8-17)19-20-13-18(14-21-19)25-15-16-5-3-2-4-6-16/h2-6,13-14,17H,7-12,15H2,1H3. The summed E-state index contributed by atoms with van der Waals surface area (Å²) in [4.78, 5) is 11.1. The highest BCUT2D eigenvalue weighted by molar-refractivity contribution is 5.32. The Balaban J connectivity index is 1.45. The van der Waals surface area contributed by atoms with Gasteiger partial charge in [-0.05, 0) is 18.4 Å². The lowest BCUT2D eigenvalue weighted by molar-refractivity contribution is 0.00598. The molecule has 0 aliphatic carbocycles. The predicted octanol–water partition coefficient (Wildman–Crippen LogP) is 2.69. The van der Waals surface area contributed by atoms with Crippen molar-refractivity contribution < 1.29 is 14.2 Å². The highest BCUT2D eigenvalue weighted by Crippen LogP contribution is 2.19. The maximum absolute atomic E-state index is 5.79.